The fourth-order valence-electron chi connectivity index (χ4n) is 2.35. The number of alkyl halides is 1. The highest BCUT2D eigenvalue weighted by Gasteiger charge is 2.47. The Balaban J connectivity index is 1.62. The van der Waals surface area contributed by atoms with Crippen LogP contribution in [0.1, 0.15) is 28.9 Å². The Bertz CT molecular complexity index is 628. The molecule has 0 unspecified atom stereocenters. The molecule has 0 spiro atoms. The van der Waals surface area contributed by atoms with Gasteiger partial charge in [-0.3, -0.25) is 4.79 Å². The molecule has 104 valence electrons. The van der Waals surface area contributed by atoms with E-state index in [4.69, 9.17) is 11.6 Å². The summed E-state index contributed by atoms with van der Waals surface area (Å²) < 4.78 is 18.2. The largest absolute Gasteiger partial charge is 0.348 e. The van der Waals surface area contributed by atoms with Crippen LogP contribution in [0.3, 0.4) is 0 Å². The molecule has 1 N–H and O–H groups in total. The van der Waals surface area contributed by atoms with Crippen LogP contribution in [0.25, 0.3) is 0 Å². The number of nitrogens with zero attached hydrogens (tertiary/aromatic N) is 2. The monoisotopic (exact) mass is 311 g/mol. The van der Waals surface area contributed by atoms with Crippen molar-refractivity contribution in [2.45, 2.75) is 24.6 Å². The molecular formula is C13H11ClFN3OS. The Morgan fingerprint density at radius 3 is 2.95 bits per heavy atom. The van der Waals surface area contributed by atoms with Crippen molar-refractivity contribution in [2.24, 2.45) is 0 Å². The Hall–Kier alpha value is -1.53. The second kappa shape index (κ2) is 5.10. The van der Waals surface area contributed by atoms with E-state index in [0.29, 0.717) is 10.6 Å². The molecule has 1 aromatic carbocycles. The number of carbonyl (C=O) groups is 1. The molecule has 1 amide bonds. The van der Waals surface area contributed by atoms with Crippen molar-refractivity contribution in [1.29, 1.82) is 0 Å². The maximum Gasteiger partial charge on any atom is 0.272 e. The molecular weight excluding hydrogens is 301 g/mol. The van der Waals surface area contributed by atoms with E-state index in [-0.39, 0.29) is 30.5 Å². The quantitative estimate of drug-likeness (QED) is 0.948. The Morgan fingerprint density at radius 2 is 2.30 bits per heavy atom. The van der Waals surface area contributed by atoms with Crippen molar-refractivity contribution >= 4 is 29.0 Å². The first-order valence-corrected chi connectivity index (χ1v) is 7.31. The Morgan fingerprint density at radius 1 is 1.50 bits per heavy atom. The molecule has 2 aromatic rings. The van der Waals surface area contributed by atoms with E-state index in [1.54, 1.807) is 29.6 Å². The zero-order valence-electron chi connectivity index (χ0n) is 10.3. The summed E-state index contributed by atoms with van der Waals surface area (Å²) in [6, 6.07) is 6.60. The van der Waals surface area contributed by atoms with Gasteiger partial charge in [-0.1, -0.05) is 28.2 Å². The number of hydrogen-bond acceptors (Lipinski definition) is 4. The van der Waals surface area contributed by atoms with Gasteiger partial charge in [0.2, 0.25) is 0 Å². The van der Waals surface area contributed by atoms with Crippen LogP contribution in [0.4, 0.5) is 4.39 Å². The molecule has 1 aromatic heterocycles. The maximum atomic E-state index is 14.6. The molecule has 1 fully saturated rings. The molecule has 1 saturated carbocycles. The Labute approximate surface area is 124 Å². The smallest absolute Gasteiger partial charge is 0.272 e. The average molecular weight is 312 g/mol. The molecule has 0 saturated heterocycles. The van der Waals surface area contributed by atoms with Gasteiger partial charge in [0.15, 0.2) is 5.69 Å². The number of aromatic nitrogens is 2. The number of carbonyl (C=O) groups excluding carboxylic acids is 1. The molecule has 1 aliphatic carbocycles. The first-order chi connectivity index (χ1) is 9.57. The second-order valence-corrected chi connectivity index (χ2v) is 5.89. The van der Waals surface area contributed by atoms with Gasteiger partial charge >= 0.3 is 0 Å². The lowest BCUT2D eigenvalue weighted by atomic mass is 9.73. The van der Waals surface area contributed by atoms with E-state index >= 15 is 0 Å². The van der Waals surface area contributed by atoms with Crippen LogP contribution in [-0.4, -0.2) is 21.5 Å². The second-order valence-electron chi connectivity index (χ2n) is 4.84. The lowest BCUT2D eigenvalue weighted by molar-refractivity contribution is 0.0247. The lowest BCUT2D eigenvalue weighted by Crippen LogP contribution is -2.51. The summed E-state index contributed by atoms with van der Waals surface area (Å²) in [6.45, 7) is 0. The van der Waals surface area contributed by atoms with Gasteiger partial charge in [-0.05, 0) is 29.2 Å². The minimum atomic E-state index is -1.41. The lowest BCUT2D eigenvalue weighted by Gasteiger charge is -2.42. The number of halogens is 2. The molecule has 20 heavy (non-hydrogen) atoms. The van der Waals surface area contributed by atoms with Crippen LogP contribution in [0, 0.1) is 0 Å². The van der Waals surface area contributed by atoms with Crippen molar-refractivity contribution in [2.75, 3.05) is 0 Å². The number of nitrogens with one attached hydrogen (secondary N) is 1. The molecule has 0 bridgehead atoms. The van der Waals surface area contributed by atoms with E-state index in [0.717, 1.165) is 11.5 Å². The standard InChI is InChI=1S/C13H11ClFN3OS/c14-9-3-1-2-8(4-9)13(15)5-10(6-13)16-12(19)11-7-20-18-17-11/h1-4,7,10H,5-6H2,(H,16,19). The van der Waals surface area contributed by atoms with Gasteiger partial charge in [-0.2, -0.15) is 0 Å². The molecule has 3 rings (SSSR count). The zero-order valence-corrected chi connectivity index (χ0v) is 11.9. The van der Waals surface area contributed by atoms with Crippen molar-refractivity contribution in [1.82, 2.24) is 14.9 Å². The van der Waals surface area contributed by atoms with Crippen molar-refractivity contribution in [3.05, 3.63) is 45.9 Å². The van der Waals surface area contributed by atoms with E-state index in [1.165, 1.54) is 0 Å². The van der Waals surface area contributed by atoms with Gasteiger partial charge in [0.1, 0.15) is 5.67 Å². The predicted molar refractivity (Wildman–Crippen MR) is 74.6 cm³/mol. The summed E-state index contributed by atoms with van der Waals surface area (Å²) in [4.78, 5) is 11.8. The van der Waals surface area contributed by atoms with Crippen molar-refractivity contribution in [3.8, 4) is 0 Å². The summed E-state index contributed by atoms with van der Waals surface area (Å²) in [6.07, 6.45) is 0.493. The molecule has 1 aliphatic rings. The highest BCUT2D eigenvalue weighted by molar-refractivity contribution is 7.03. The number of benzene rings is 1. The SMILES string of the molecule is O=C(NC1CC(F)(c2cccc(Cl)c2)C1)c1csnn1. The van der Waals surface area contributed by atoms with E-state index in [1.807, 2.05) is 0 Å². The van der Waals surface area contributed by atoms with Crippen LogP contribution in [0.15, 0.2) is 29.6 Å². The normalized spacial score (nSPS) is 25.0. The minimum Gasteiger partial charge on any atom is -0.348 e. The van der Waals surface area contributed by atoms with Gasteiger partial charge in [-0.25, -0.2) is 4.39 Å². The first-order valence-electron chi connectivity index (χ1n) is 6.10. The van der Waals surface area contributed by atoms with Gasteiger partial charge in [0.05, 0.1) is 0 Å². The van der Waals surface area contributed by atoms with Crippen LogP contribution >= 0.6 is 23.1 Å². The zero-order chi connectivity index (χ0) is 14.2. The molecule has 0 radical (unpaired) electrons. The summed E-state index contributed by atoms with van der Waals surface area (Å²) in [7, 11) is 0. The maximum absolute atomic E-state index is 14.6. The highest BCUT2D eigenvalue weighted by Crippen LogP contribution is 2.45. The molecule has 4 nitrogen and oxygen atoms in total. The topological polar surface area (TPSA) is 54.9 Å². The molecule has 0 atom stereocenters. The molecule has 7 heteroatoms. The summed E-state index contributed by atoms with van der Waals surface area (Å²) >= 11 is 6.98. The Kier molecular flexibility index (Phi) is 3.43. The van der Waals surface area contributed by atoms with Gasteiger partial charge < -0.3 is 5.32 Å². The predicted octanol–water partition coefficient (Wildman–Crippen LogP) is 2.95. The molecule has 0 aliphatic heterocycles. The van der Waals surface area contributed by atoms with E-state index in [9.17, 15) is 9.18 Å². The van der Waals surface area contributed by atoms with Crippen molar-refractivity contribution in [3.63, 3.8) is 0 Å². The summed E-state index contributed by atoms with van der Waals surface area (Å²) in [5.41, 5.74) is -0.580. The third-order valence-electron chi connectivity index (χ3n) is 3.41. The van der Waals surface area contributed by atoms with Crippen LogP contribution in [0.2, 0.25) is 5.02 Å². The van der Waals surface area contributed by atoms with Gasteiger partial charge in [0, 0.05) is 29.3 Å². The number of amides is 1. The van der Waals surface area contributed by atoms with E-state index in [2.05, 4.69) is 14.9 Å². The molecule has 1 heterocycles. The highest BCUT2D eigenvalue weighted by atomic mass is 35.5. The number of hydrogen-bond donors (Lipinski definition) is 1. The fourth-order valence-corrected chi connectivity index (χ4v) is 2.98. The third kappa shape index (κ3) is 2.53. The van der Waals surface area contributed by atoms with Gasteiger partial charge in [0.25, 0.3) is 5.91 Å². The van der Waals surface area contributed by atoms with Crippen LogP contribution in [0.5, 0.6) is 0 Å². The van der Waals surface area contributed by atoms with Gasteiger partial charge in [-0.15, -0.1) is 5.10 Å². The van der Waals surface area contributed by atoms with Crippen LogP contribution < -0.4 is 5.32 Å². The number of rotatable bonds is 3. The minimum absolute atomic E-state index is 0.187. The average Bonchev–Trinajstić information content (AvgIpc) is 2.90. The first kappa shape index (κ1) is 13.5. The third-order valence-corrected chi connectivity index (χ3v) is 4.15. The fraction of sp³-hybridized carbons (Fsp3) is 0.308. The summed E-state index contributed by atoms with van der Waals surface area (Å²) in [5.74, 6) is -0.308. The van der Waals surface area contributed by atoms with Crippen molar-refractivity contribution < 1.29 is 9.18 Å². The van der Waals surface area contributed by atoms with Crippen LogP contribution in [-0.2, 0) is 5.67 Å². The summed E-state index contributed by atoms with van der Waals surface area (Å²) in [5, 5.41) is 8.51. The van der Waals surface area contributed by atoms with E-state index < -0.39 is 5.67 Å².